The molecule has 0 unspecified atom stereocenters. The Morgan fingerprint density at radius 1 is 1.11 bits per heavy atom. The molecule has 5 nitrogen and oxygen atoms in total. The Morgan fingerprint density at radius 3 is 2.54 bits per heavy atom. The average molecular weight is 399 g/mol. The topological polar surface area (TPSA) is 59.6 Å². The number of carbonyl (C=O) groups is 1. The Morgan fingerprint density at radius 2 is 1.86 bits per heavy atom. The molecule has 148 valence electrons. The van der Waals surface area contributed by atoms with Gasteiger partial charge in [0.05, 0.1) is 6.61 Å². The van der Waals surface area contributed by atoms with E-state index in [0.717, 1.165) is 29.9 Å². The Hall–Kier alpha value is -2.86. The molecule has 2 aromatic carbocycles. The molecule has 0 bridgehead atoms. The van der Waals surface area contributed by atoms with E-state index >= 15 is 0 Å². The van der Waals surface area contributed by atoms with Crippen molar-refractivity contribution in [1.82, 2.24) is 5.32 Å². The predicted octanol–water partition coefficient (Wildman–Crippen LogP) is 4.95. The second kappa shape index (κ2) is 11.1. The maximum atomic E-state index is 12.4. The van der Waals surface area contributed by atoms with Crippen LogP contribution in [-0.2, 0) is 0 Å². The molecular formula is C22H26N2O3S. The van der Waals surface area contributed by atoms with Crippen LogP contribution in [0.15, 0.2) is 60.7 Å². The van der Waals surface area contributed by atoms with E-state index in [2.05, 4.69) is 24.1 Å². The fourth-order valence-corrected chi connectivity index (χ4v) is 2.45. The molecule has 6 heteroatoms. The first kappa shape index (κ1) is 21.4. The van der Waals surface area contributed by atoms with E-state index in [1.807, 2.05) is 37.3 Å². The molecule has 0 aromatic heterocycles. The SMILES string of the molecule is C=C(C)COc1ccc(NC(=S)NC(=O)c2cccc(OCCCC)c2)cc1. The van der Waals surface area contributed by atoms with Crippen molar-refractivity contribution in [3.63, 3.8) is 0 Å². The van der Waals surface area contributed by atoms with Crippen molar-refractivity contribution in [2.75, 3.05) is 18.5 Å². The van der Waals surface area contributed by atoms with Crippen LogP contribution in [0.2, 0.25) is 0 Å². The number of thiocarbonyl (C=S) groups is 1. The first-order valence-corrected chi connectivity index (χ1v) is 9.61. The van der Waals surface area contributed by atoms with Crippen molar-refractivity contribution in [2.45, 2.75) is 26.7 Å². The van der Waals surface area contributed by atoms with Crippen molar-refractivity contribution < 1.29 is 14.3 Å². The van der Waals surface area contributed by atoms with E-state index in [-0.39, 0.29) is 11.0 Å². The number of hydrogen-bond acceptors (Lipinski definition) is 4. The first-order valence-electron chi connectivity index (χ1n) is 9.20. The molecule has 28 heavy (non-hydrogen) atoms. The van der Waals surface area contributed by atoms with Crippen LogP contribution in [0.1, 0.15) is 37.0 Å². The van der Waals surface area contributed by atoms with Gasteiger partial charge < -0.3 is 14.8 Å². The second-order valence-corrected chi connectivity index (χ2v) is 6.82. The van der Waals surface area contributed by atoms with Gasteiger partial charge in [0.1, 0.15) is 18.1 Å². The third kappa shape index (κ3) is 7.40. The minimum absolute atomic E-state index is 0.220. The van der Waals surface area contributed by atoms with Gasteiger partial charge >= 0.3 is 0 Å². The van der Waals surface area contributed by atoms with Gasteiger partial charge in [-0.2, -0.15) is 0 Å². The maximum Gasteiger partial charge on any atom is 0.257 e. The van der Waals surface area contributed by atoms with Crippen LogP contribution < -0.4 is 20.1 Å². The Kier molecular flexibility index (Phi) is 8.49. The lowest BCUT2D eigenvalue weighted by Crippen LogP contribution is -2.34. The highest BCUT2D eigenvalue weighted by atomic mass is 32.1. The van der Waals surface area contributed by atoms with Crippen LogP contribution in [0.4, 0.5) is 5.69 Å². The molecule has 0 heterocycles. The van der Waals surface area contributed by atoms with Gasteiger partial charge in [-0.05, 0) is 73.6 Å². The summed E-state index contributed by atoms with van der Waals surface area (Å²) in [6, 6.07) is 14.4. The van der Waals surface area contributed by atoms with Crippen molar-refractivity contribution in [1.29, 1.82) is 0 Å². The van der Waals surface area contributed by atoms with Crippen molar-refractivity contribution in [3.05, 3.63) is 66.2 Å². The lowest BCUT2D eigenvalue weighted by Gasteiger charge is -2.11. The normalized spacial score (nSPS) is 10.1. The highest BCUT2D eigenvalue weighted by Crippen LogP contribution is 2.17. The molecule has 0 atom stereocenters. The van der Waals surface area contributed by atoms with Crippen LogP contribution in [0.5, 0.6) is 11.5 Å². The van der Waals surface area contributed by atoms with Gasteiger partial charge in [-0.3, -0.25) is 10.1 Å². The minimum Gasteiger partial charge on any atom is -0.494 e. The quantitative estimate of drug-likeness (QED) is 0.356. The summed E-state index contributed by atoms with van der Waals surface area (Å²) in [6.07, 6.45) is 2.03. The highest BCUT2D eigenvalue weighted by Gasteiger charge is 2.09. The standard InChI is InChI=1S/C22H26N2O3S/c1-4-5-13-26-20-8-6-7-17(14-20)21(25)24-22(28)23-18-9-11-19(12-10-18)27-15-16(2)3/h6-12,14H,2,4-5,13,15H2,1,3H3,(H2,23,24,25,28). The molecule has 0 aliphatic heterocycles. The zero-order valence-corrected chi connectivity index (χ0v) is 17.1. The van der Waals surface area contributed by atoms with E-state index in [1.54, 1.807) is 18.2 Å². The molecule has 1 amide bonds. The summed E-state index contributed by atoms with van der Waals surface area (Å²) in [7, 11) is 0. The Balaban J connectivity index is 1.87. The van der Waals surface area contributed by atoms with Crippen LogP contribution in [0.3, 0.4) is 0 Å². The summed E-state index contributed by atoms with van der Waals surface area (Å²) in [5, 5.41) is 5.88. The smallest absolute Gasteiger partial charge is 0.257 e. The number of amides is 1. The summed E-state index contributed by atoms with van der Waals surface area (Å²) < 4.78 is 11.2. The van der Waals surface area contributed by atoms with E-state index in [0.29, 0.717) is 24.5 Å². The molecule has 0 aliphatic rings. The molecule has 2 aromatic rings. The van der Waals surface area contributed by atoms with Gasteiger partial charge in [-0.1, -0.05) is 26.0 Å². The van der Waals surface area contributed by atoms with Crippen molar-refractivity contribution in [2.24, 2.45) is 0 Å². The van der Waals surface area contributed by atoms with Gasteiger partial charge in [0.25, 0.3) is 5.91 Å². The fourth-order valence-electron chi connectivity index (χ4n) is 2.24. The summed E-state index contributed by atoms with van der Waals surface area (Å²) >= 11 is 5.23. The lowest BCUT2D eigenvalue weighted by atomic mass is 10.2. The fraction of sp³-hybridized carbons (Fsp3) is 0.273. The van der Waals surface area contributed by atoms with Crippen LogP contribution in [0.25, 0.3) is 0 Å². The van der Waals surface area contributed by atoms with Crippen LogP contribution in [-0.4, -0.2) is 24.2 Å². The molecule has 0 radical (unpaired) electrons. The summed E-state index contributed by atoms with van der Waals surface area (Å²) in [5.74, 6) is 1.12. The van der Waals surface area contributed by atoms with Crippen LogP contribution in [0, 0.1) is 0 Å². The van der Waals surface area contributed by atoms with Crippen LogP contribution >= 0.6 is 12.2 Å². The summed E-state index contributed by atoms with van der Waals surface area (Å²) in [5.41, 5.74) is 2.19. The number of ether oxygens (including phenoxy) is 2. The number of carbonyl (C=O) groups excluding carboxylic acids is 1. The molecule has 0 fully saturated rings. The number of anilines is 1. The van der Waals surface area contributed by atoms with Gasteiger partial charge in [-0.15, -0.1) is 0 Å². The van der Waals surface area contributed by atoms with E-state index in [9.17, 15) is 4.79 Å². The number of benzene rings is 2. The van der Waals surface area contributed by atoms with Gasteiger partial charge in [-0.25, -0.2) is 0 Å². The molecule has 2 rings (SSSR count). The highest BCUT2D eigenvalue weighted by molar-refractivity contribution is 7.80. The van der Waals surface area contributed by atoms with Crippen molar-refractivity contribution >= 4 is 28.9 Å². The lowest BCUT2D eigenvalue weighted by molar-refractivity contribution is 0.0977. The van der Waals surface area contributed by atoms with Crippen molar-refractivity contribution in [3.8, 4) is 11.5 Å². The zero-order valence-electron chi connectivity index (χ0n) is 16.3. The third-order valence-electron chi connectivity index (χ3n) is 3.69. The predicted molar refractivity (Wildman–Crippen MR) is 117 cm³/mol. The largest absolute Gasteiger partial charge is 0.494 e. The first-order chi connectivity index (χ1) is 13.5. The minimum atomic E-state index is -0.292. The monoisotopic (exact) mass is 398 g/mol. The molecule has 0 aliphatic carbocycles. The number of rotatable bonds is 9. The van der Waals surface area contributed by atoms with E-state index < -0.39 is 0 Å². The van der Waals surface area contributed by atoms with E-state index in [1.165, 1.54) is 0 Å². The second-order valence-electron chi connectivity index (χ2n) is 6.41. The third-order valence-corrected chi connectivity index (χ3v) is 3.89. The summed E-state index contributed by atoms with van der Waals surface area (Å²) in [6.45, 7) is 8.92. The Labute approximate surface area is 171 Å². The van der Waals surface area contributed by atoms with E-state index in [4.69, 9.17) is 21.7 Å². The number of unbranched alkanes of at least 4 members (excludes halogenated alkanes) is 1. The maximum absolute atomic E-state index is 12.4. The number of hydrogen-bond donors (Lipinski definition) is 2. The Bertz CT molecular complexity index is 819. The molecule has 2 N–H and O–H groups in total. The number of nitrogens with one attached hydrogen (secondary N) is 2. The molecule has 0 spiro atoms. The molecule has 0 saturated heterocycles. The van der Waals surface area contributed by atoms with Gasteiger partial charge in [0.2, 0.25) is 0 Å². The molecule has 0 saturated carbocycles. The average Bonchev–Trinajstić information content (AvgIpc) is 2.68. The summed E-state index contributed by atoms with van der Waals surface area (Å²) in [4.78, 5) is 12.4. The molecular weight excluding hydrogens is 372 g/mol. The zero-order chi connectivity index (χ0) is 20.4. The van der Waals surface area contributed by atoms with Gasteiger partial charge in [0, 0.05) is 11.3 Å². The van der Waals surface area contributed by atoms with Gasteiger partial charge in [0.15, 0.2) is 5.11 Å².